The molecule has 4 aliphatic carbocycles. The van der Waals surface area contributed by atoms with Crippen molar-refractivity contribution in [3.05, 3.63) is 11.6 Å². The van der Waals surface area contributed by atoms with Crippen LogP contribution < -0.4 is 0 Å². The standard InChI is InChI=1S/C29H50O4S.K/c1-7-21(19(2)3)9-8-20(4)25-12-13-26-24-11-10-22-18-23(33-34(30,31)32)14-16-28(22,5)27(24)15-17-29(25,26)6;/h10,19-21,23-27H,7-9,11-18H2,1-6H3,(H,30,31,32);/t20-,21-,23+,24+,25-,26+,27+,28+,29-;/m1./s1. The van der Waals surface area contributed by atoms with Crippen LogP contribution in [-0.4, -0.2) is 70.5 Å². The van der Waals surface area contributed by atoms with E-state index < -0.39 is 16.5 Å². The predicted octanol–water partition coefficient (Wildman–Crippen LogP) is 7.47. The number of hydrogen-bond acceptors (Lipinski definition) is 3. The third-order valence-electron chi connectivity index (χ3n) is 11.5. The molecule has 0 aromatic heterocycles. The van der Waals surface area contributed by atoms with Gasteiger partial charge >= 0.3 is 10.4 Å². The third kappa shape index (κ3) is 6.20. The van der Waals surface area contributed by atoms with E-state index in [9.17, 15) is 8.42 Å². The van der Waals surface area contributed by atoms with Gasteiger partial charge in [-0.1, -0.05) is 66.0 Å². The molecule has 35 heavy (non-hydrogen) atoms. The maximum atomic E-state index is 11.3. The molecule has 0 aromatic carbocycles. The van der Waals surface area contributed by atoms with Crippen molar-refractivity contribution in [2.24, 2.45) is 52.3 Å². The summed E-state index contributed by atoms with van der Waals surface area (Å²) in [7, 11) is -4.38. The molecule has 1 N–H and O–H groups in total. The second-order valence-electron chi connectivity index (χ2n) is 13.3. The second kappa shape index (κ2) is 11.8. The minimum absolute atomic E-state index is 0. The fourth-order valence-corrected chi connectivity index (χ4v) is 10.1. The van der Waals surface area contributed by atoms with E-state index in [-0.39, 0.29) is 56.8 Å². The first-order valence-corrected chi connectivity index (χ1v) is 15.6. The predicted molar refractivity (Wildman–Crippen MR) is 144 cm³/mol. The Morgan fingerprint density at radius 3 is 2.40 bits per heavy atom. The van der Waals surface area contributed by atoms with Gasteiger partial charge < -0.3 is 0 Å². The number of fused-ring (bicyclic) bond motifs is 5. The van der Waals surface area contributed by atoms with Crippen LogP contribution in [0, 0.1) is 52.3 Å². The Labute approximate surface area is 258 Å². The fourth-order valence-electron chi connectivity index (χ4n) is 9.54. The van der Waals surface area contributed by atoms with E-state index in [0.717, 1.165) is 48.3 Å². The number of allylic oxidation sites excluding steroid dienone is 1. The van der Waals surface area contributed by atoms with Crippen LogP contribution in [0.3, 0.4) is 0 Å². The summed E-state index contributed by atoms with van der Waals surface area (Å²) in [5.41, 5.74) is 2.03. The largest absolute Gasteiger partial charge is 0.397 e. The van der Waals surface area contributed by atoms with E-state index in [0.29, 0.717) is 24.2 Å². The molecule has 1 radical (unpaired) electrons. The van der Waals surface area contributed by atoms with E-state index in [1.165, 1.54) is 50.5 Å². The monoisotopic (exact) mass is 533 g/mol. The average Bonchev–Trinajstić information content (AvgIpc) is 3.10. The molecule has 0 unspecified atom stereocenters. The molecule has 0 saturated heterocycles. The van der Waals surface area contributed by atoms with Crippen molar-refractivity contribution in [1.82, 2.24) is 0 Å². The average molecular weight is 534 g/mol. The summed E-state index contributed by atoms with van der Waals surface area (Å²) in [6, 6.07) is 0. The molecule has 0 spiro atoms. The van der Waals surface area contributed by atoms with Crippen LogP contribution in [0.1, 0.15) is 112 Å². The molecule has 9 atom stereocenters. The molecule has 3 saturated carbocycles. The molecule has 3 fully saturated rings. The zero-order valence-corrected chi connectivity index (χ0v) is 27.5. The van der Waals surface area contributed by atoms with Crippen molar-refractivity contribution in [2.45, 2.75) is 118 Å². The van der Waals surface area contributed by atoms with E-state index >= 15 is 0 Å². The maximum absolute atomic E-state index is 11.3. The summed E-state index contributed by atoms with van der Waals surface area (Å²) in [5, 5.41) is 0. The van der Waals surface area contributed by atoms with Gasteiger partial charge in [0.05, 0.1) is 6.10 Å². The minimum Gasteiger partial charge on any atom is -0.264 e. The maximum Gasteiger partial charge on any atom is 0.397 e. The molecule has 197 valence electrons. The van der Waals surface area contributed by atoms with Gasteiger partial charge in [0.25, 0.3) is 0 Å². The van der Waals surface area contributed by atoms with E-state index in [1.807, 2.05) is 0 Å². The van der Waals surface area contributed by atoms with E-state index in [2.05, 4.69) is 47.6 Å². The second-order valence-corrected chi connectivity index (χ2v) is 14.4. The number of hydrogen-bond donors (Lipinski definition) is 1. The summed E-state index contributed by atoms with van der Waals surface area (Å²) in [6.07, 6.45) is 15.0. The van der Waals surface area contributed by atoms with Gasteiger partial charge in [0, 0.05) is 51.4 Å². The van der Waals surface area contributed by atoms with Gasteiger partial charge in [-0.2, -0.15) is 8.42 Å². The quantitative estimate of drug-likeness (QED) is 0.200. The third-order valence-corrected chi connectivity index (χ3v) is 12.1. The van der Waals surface area contributed by atoms with Crippen LogP contribution in [0.2, 0.25) is 0 Å². The van der Waals surface area contributed by atoms with E-state index in [4.69, 9.17) is 8.74 Å². The van der Waals surface area contributed by atoms with Gasteiger partial charge in [0.15, 0.2) is 0 Å². The van der Waals surface area contributed by atoms with Crippen LogP contribution in [0.15, 0.2) is 11.6 Å². The zero-order valence-electron chi connectivity index (χ0n) is 23.6. The van der Waals surface area contributed by atoms with Crippen molar-refractivity contribution in [3.63, 3.8) is 0 Å². The molecule has 4 rings (SSSR count). The van der Waals surface area contributed by atoms with Crippen molar-refractivity contribution < 1.29 is 17.2 Å². The van der Waals surface area contributed by atoms with Crippen LogP contribution in [0.5, 0.6) is 0 Å². The van der Waals surface area contributed by atoms with Crippen molar-refractivity contribution in [3.8, 4) is 0 Å². The first-order valence-electron chi connectivity index (χ1n) is 14.2. The molecule has 4 aliphatic rings. The molecule has 0 heterocycles. The van der Waals surface area contributed by atoms with Crippen LogP contribution in [0.25, 0.3) is 0 Å². The van der Waals surface area contributed by atoms with Gasteiger partial charge in [-0.25, -0.2) is 4.18 Å². The summed E-state index contributed by atoms with van der Waals surface area (Å²) in [6.45, 7) is 14.8. The summed E-state index contributed by atoms with van der Waals surface area (Å²) in [5.74, 6) is 5.64. The molecule has 0 aliphatic heterocycles. The Kier molecular flexibility index (Phi) is 10.4. The van der Waals surface area contributed by atoms with Crippen molar-refractivity contribution in [1.29, 1.82) is 0 Å². The van der Waals surface area contributed by atoms with Crippen molar-refractivity contribution in [2.75, 3.05) is 0 Å². The molecule has 0 bridgehead atoms. The Bertz CT molecular complexity index is 870. The van der Waals surface area contributed by atoms with Gasteiger partial charge in [0.2, 0.25) is 0 Å². The van der Waals surface area contributed by atoms with Gasteiger partial charge in [-0.15, -0.1) is 0 Å². The molecule has 6 heteroatoms. The Morgan fingerprint density at radius 2 is 1.77 bits per heavy atom. The van der Waals surface area contributed by atoms with E-state index in [1.54, 1.807) is 0 Å². The Morgan fingerprint density at radius 1 is 1.06 bits per heavy atom. The molecule has 0 amide bonds. The van der Waals surface area contributed by atoms with Gasteiger partial charge in [-0.3, -0.25) is 4.55 Å². The molecule has 4 nitrogen and oxygen atoms in total. The SMILES string of the molecule is CC[C@H](CC[C@@H](C)[C@H]1CC[C@H]2[C@@H]3CC=C4C[C@@H](OS(=O)(=O)O)CC[C@]4(C)[C@H]3CC[C@]12C)C(C)C.[K]. The smallest absolute Gasteiger partial charge is 0.264 e. The summed E-state index contributed by atoms with van der Waals surface area (Å²) >= 11 is 0. The van der Waals surface area contributed by atoms with Crippen LogP contribution >= 0.6 is 0 Å². The van der Waals surface area contributed by atoms with Gasteiger partial charge in [-0.05, 0) is 110 Å². The fraction of sp³-hybridized carbons (Fsp3) is 0.931. The summed E-state index contributed by atoms with van der Waals surface area (Å²) < 4.78 is 36.7. The van der Waals surface area contributed by atoms with Gasteiger partial charge in [0.1, 0.15) is 0 Å². The first kappa shape index (κ1) is 30.8. The number of rotatable bonds is 8. The normalized spacial score (nSPS) is 40.7. The van der Waals surface area contributed by atoms with Crippen LogP contribution in [-0.2, 0) is 14.6 Å². The molecular formula is C29H50KO4S. The first-order chi connectivity index (χ1) is 15.9. The van der Waals surface area contributed by atoms with Crippen LogP contribution in [0.4, 0.5) is 0 Å². The molecule has 0 aromatic rings. The zero-order chi connectivity index (χ0) is 24.9. The summed E-state index contributed by atoms with van der Waals surface area (Å²) in [4.78, 5) is 0. The molecular weight excluding hydrogens is 483 g/mol. The Balaban J connectivity index is 0.00000342. The Hall–Kier alpha value is 1.25. The van der Waals surface area contributed by atoms with Crippen molar-refractivity contribution >= 4 is 61.8 Å². The topological polar surface area (TPSA) is 63.6 Å². The minimum atomic E-state index is -4.38.